The van der Waals surface area contributed by atoms with Crippen molar-refractivity contribution in [2.75, 3.05) is 14.2 Å². The van der Waals surface area contributed by atoms with Crippen molar-refractivity contribution >= 4 is 18.0 Å². The van der Waals surface area contributed by atoms with Crippen LogP contribution in [0.3, 0.4) is 0 Å². The third kappa shape index (κ3) is 4.02. The summed E-state index contributed by atoms with van der Waals surface area (Å²) in [7, 11) is 3.29. The molecule has 0 N–H and O–H groups in total. The molecule has 1 amide bonds. The molecule has 0 spiro atoms. The highest BCUT2D eigenvalue weighted by molar-refractivity contribution is 7.97. The quantitative estimate of drug-likeness (QED) is 0.750. The first-order valence-electron chi connectivity index (χ1n) is 7.96. The van der Waals surface area contributed by atoms with Crippen molar-refractivity contribution in [2.24, 2.45) is 0 Å². The Morgan fingerprint density at radius 3 is 2.60 bits per heavy atom. The van der Waals surface area contributed by atoms with Gasteiger partial charge in [0.15, 0.2) is 11.5 Å². The van der Waals surface area contributed by atoms with Crippen LogP contribution in [0.5, 0.6) is 17.2 Å². The summed E-state index contributed by atoms with van der Waals surface area (Å²) in [5, 5.41) is 0. The van der Waals surface area contributed by atoms with Crippen LogP contribution in [0.1, 0.15) is 19.4 Å². The molecule has 1 aliphatic rings. The summed E-state index contributed by atoms with van der Waals surface area (Å²) in [5.74, 6) is 1.88. The van der Waals surface area contributed by atoms with Gasteiger partial charge in [-0.3, -0.25) is 0 Å². The Balaban J connectivity index is 1.67. The Morgan fingerprint density at radius 1 is 1.20 bits per heavy atom. The number of benzene rings is 2. The van der Waals surface area contributed by atoms with Crippen LogP contribution in [0, 0.1) is 0 Å². The van der Waals surface area contributed by atoms with E-state index in [9.17, 15) is 4.79 Å². The molecule has 0 atom stereocenters. The second-order valence-corrected chi connectivity index (χ2v) is 7.62. The van der Waals surface area contributed by atoms with E-state index < -0.39 is 6.09 Å². The average molecular weight is 359 g/mol. The van der Waals surface area contributed by atoms with E-state index in [1.807, 2.05) is 50.2 Å². The molecule has 0 unspecified atom stereocenters. The molecular weight excluding hydrogens is 338 g/mol. The van der Waals surface area contributed by atoms with Crippen molar-refractivity contribution in [2.45, 2.75) is 30.8 Å². The van der Waals surface area contributed by atoms with Crippen molar-refractivity contribution in [1.29, 1.82) is 0 Å². The van der Waals surface area contributed by atoms with E-state index in [4.69, 9.17) is 14.2 Å². The van der Waals surface area contributed by atoms with Crippen LogP contribution in [0.2, 0.25) is 0 Å². The van der Waals surface area contributed by atoms with Gasteiger partial charge in [0.2, 0.25) is 0 Å². The van der Waals surface area contributed by atoms with Gasteiger partial charge >= 0.3 is 6.09 Å². The molecule has 5 nitrogen and oxygen atoms in total. The van der Waals surface area contributed by atoms with Crippen LogP contribution in [-0.4, -0.2) is 30.2 Å². The monoisotopic (exact) mass is 359 g/mol. The van der Waals surface area contributed by atoms with E-state index in [1.54, 1.807) is 20.2 Å². The van der Waals surface area contributed by atoms with Crippen molar-refractivity contribution < 1.29 is 19.0 Å². The first-order valence-corrected chi connectivity index (χ1v) is 8.74. The van der Waals surface area contributed by atoms with Gasteiger partial charge in [-0.25, -0.2) is 9.10 Å². The fraction of sp³-hybridized carbons (Fsp3) is 0.316. The number of amides is 1. The van der Waals surface area contributed by atoms with Gasteiger partial charge in [-0.1, -0.05) is 12.1 Å². The number of nitrogens with zero attached hydrogens (tertiary/aromatic N) is 1. The Bertz CT molecular complexity index is 773. The smallest absolute Gasteiger partial charge is 0.425 e. The van der Waals surface area contributed by atoms with E-state index in [0.717, 1.165) is 22.6 Å². The highest BCUT2D eigenvalue weighted by Gasteiger charge is 2.33. The Labute approximate surface area is 152 Å². The second-order valence-electron chi connectivity index (χ2n) is 6.42. The maximum atomic E-state index is 12.4. The fourth-order valence-electron chi connectivity index (χ4n) is 2.66. The topological polar surface area (TPSA) is 48.0 Å². The van der Waals surface area contributed by atoms with Crippen molar-refractivity contribution in [3.05, 3.63) is 48.0 Å². The summed E-state index contributed by atoms with van der Waals surface area (Å²) >= 11 is 1.29. The van der Waals surface area contributed by atoms with E-state index in [2.05, 4.69) is 0 Å². The van der Waals surface area contributed by atoms with Crippen LogP contribution >= 0.6 is 11.9 Å². The molecule has 0 aliphatic carbocycles. The number of methoxy groups -OCH3 is 1. The van der Waals surface area contributed by atoms with Gasteiger partial charge in [0.25, 0.3) is 0 Å². The molecule has 0 saturated heterocycles. The summed E-state index contributed by atoms with van der Waals surface area (Å²) in [6.07, 6.45) is 0.340. The normalized spacial score (nSPS) is 14.4. The molecule has 6 heteroatoms. The summed E-state index contributed by atoms with van der Waals surface area (Å²) in [5.41, 5.74) is 0.773. The summed E-state index contributed by atoms with van der Waals surface area (Å²) in [6, 6.07) is 13.1. The van der Waals surface area contributed by atoms with Crippen LogP contribution < -0.4 is 14.2 Å². The molecule has 1 heterocycles. The number of ether oxygens (including phenoxy) is 3. The van der Waals surface area contributed by atoms with Gasteiger partial charge < -0.3 is 14.2 Å². The number of fused-ring (bicyclic) bond motifs is 1. The molecule has 3 rings (SSSR count). The third-order valence-electron chi connectivity index (χ3n) is 3.81. The van der Waals surface area contributed by atoms with Gasteiger partial charge in [-0.05, 0) is 56.1 Å². The zero-order valence-electron chi connectivity index (χ0n) is 14.7. The lowest BCUT2D eigenvalue weighted by Gasteiger charge is -2.19. The zero-order chi connectivity index (χ0) is 18.0. The van der Waals surface area contributed by atoms with Crippen molar-refractivity contribution in [3.63, 3.8) is 0 Å². The van der Waals surface area contributed by atoms with E-state index in [-0.39, 0.29) is 5.60 Å². The molecule has 0 aromatic heterocycles. The minimum absolute atomic E-state index is 0.283. The lowest BCUT2D eigenvalue weighted by Crippen LogP contribution is -2.25. The van der Waals surface area contributed by atoms with Crippen LogP contribution in [-0.2, 0) is 6.42 Å². The van der Waals surface area contributed by atoms with E-state index in [0.29, 0.717) is 11.5 Å². The van der Waals surface area contributed by atoms with Crippen LogP contribution in [0.15, 0.2) is 47.4 Å². The molecule has 2 aromatic carbocycles. The number of rotatable bonds is 4. The molecule has 2 aromatic rings. The molecular formula is C19H21NO4S. The average Bonchev–Trinajstić information content (AvgIpc) is 2.90. The zero-order valence-corrected chi connectivity index (χ0v) is 15.6. The standard InChI is InChI=1S/C19H21NO4S/c1-19(2)12-13-6-5-7-16(17(13)24-19)23-18(21)20(3)25-15-10-8-14(22-4)9-11-15/h5-11H,12H2,1-4H3. The number of hydrogen-bond donors (Lipinski definition) is 0. The van der Waals surface area contributed by atoms with Gasteiger partial charge in [-0.15, -0.1) is 0 Å². The van der Waals surface area contributed by atoms with E-state index in [1.165, 1.54) is 16.3 Å². The lowest BCUT2D eigenvalue weighted by atomic mass is 10.0. The van der Waals surface area contributed by atoms with Crippen LogP contribution in [0.4, 0.5) is 4.79 Å². The van der Waals surface area contributed by atoms with Gasteiger partial charge in [0.05, 0.1) is 7.11 Å². The summed E-state index contributed by atoms with van der Waals surface area (Å²) < 4.78 is 18.1. The van der Waals surface area contributed by atoms with E-state index >= 15 is 0 Å². The van der Waals surface area contributed by atoms with Gasteiger partial charge in [0, 0.05) is 23.9 Å². The third-order valence-corrected chi connectivity index (χ3v) is 4.72. The minimum Gasteiger partial charge on any atom is -0.497 e. The Morgan fingerprint density at radius 2 is 1.92 bits per heavy atom. The summed E-state index contributed by atoms with van der Waals surface area (Å²) in [6.45, 7) is 4.04. The molecule has 0 radical (unpaired) electrons. The first kappa shape index (κ1) is 17.5. The lowest BCUT2D eigenvalue weighted by molar-refractivity contribution is 0.132. The van der Waals surface area contributed by atoms with Crippen molar-refractivity contribution in [3.8, 4) is 17.2 Å². The minimum atomic E-state index is -0.456. The molecule has 0 saturated carbocycles. The Hall–Kier alpha value is -2.34. The molecule has 132 valence electrons. The predicted molar refractivity (Wildman–Crippen MR) is 97.5 cm³/mol. The highest BCUT2D eigenvalue weighted by Crippen LogP contribution is 2.42. The Kier molecular flexibility index (Phi) is 4.81. The molecule has 0 fully saturated rings. The largest absolute Gasteiger partial charge is 0.497 e. The number of para-hydroxylation sites is 1. The van der Waals surface area contributed by atoms with Gasteiger partial charge in [0.1, 0.15) is 11.4 Å². The molecule has 1 aliphatic heterocycles. The fourth-order valence-corrected chi connectivity index (χ4v) is 3.34. The number of carbonyl (C=O) groups is 1. The highest BCUT2D eigenvalue weighted by atomic mass is 32.2. The SMILES string of the molecule is COc1ccc(SN(C)C(=O)Oc2cccc3c2OC(C)(C)C3)cc1. The predicted octanol–water partition coefficient (Wildman–Crippen LogP) is 4.55. The summed E-state index contributed by atoms with van der Waals surface area (Å²) in [4.78, 5) is 13.3. The molecule has 0 bridgehead atoms. The van der Waals surface area contributed by atoms with Crippen LogP contribution in [0.25, 0.3) is 0 Å². The number of hydrogen-bond acceptors (Lipinski definition) is 5. The van der Waals surface area contributed by atoms with Gasteiger partial charge in [-0.2, -0.15) is 0 Å². The maximum Gasteiger partial charge on any atom is 0.425 e. The number of carbonyl (C=O) groups excluding carboxylic acids is 1. The second kappa shape index (κ2) is 6.88. The first-order chi connectivity index (χ1) is 11.9. The molecule has 25 heavy (non-hydrogen) atoms. The maximum absolute atomic E-state index is 12.4. The van der Waals surface area contributed by atoms with Crippen molar-refractivity contribution in [1.82, 2.24) is 4.31 Å².